The molecule has 2 aromatic carbocycles. The van der Waals surface area contributed by atoms with Crippen LogP contribution in [-0.2, 0) is 16.0 Å². The molecule has 3 aromatic rings. The maximum Gasteiger partial charge on any atom is 0.242 e. The van der Waals surface area contributed by atoms with E-state index in [-0.39, 0.29) is 29.9 Å². The lowest BCUT2D eigenvalue weighted by molar-refractivity contribution is -0.127. The minimum atomic E-state index is -0.479. The van der Waals surface area contributed by atoms with E-state index in [4.69, 9.17) is 0 Å². The van der Waals surface area contributed by atoms with Crippen molar-refractivity contribution in [2.75, 3.05) is 6.54 Å². The summed E-state index contributed by atoms with van der Waals surface area (Å²) in [5.74, 6) is -0.996. The van der Waals surface area contributed by atoms with Gasteiger partial charge in [-0.1, -0.05) is 0 Å². The number of H-pyrrole nitrogens is 1. The Morgan fingerprint density at radius 2 is 1.84 bits per heavy atom. The summed E-state index contributed by atoms with van der Waals surface area (Å²) in [4.78, 5) is 27.4. The number of hydrogen-bond donors (Lipinski definition) is 3. The number of nitrogens with one attached hydrogen (secondary N) is 3. The van der Waals surface area contributed by atoms with Crippen LogP contribution in [-0.4, -0.2) is 29.4 Å². The van der Waals surface area contributed by atoms with Crippen LogP contribution in [0.1, 0.15) is 24.0 Å². The number of hydrogen-bond acceptors (Lipinski definition) is 2. The molecule has 5 nitrogen and oxygen atoms in total. The van der Waals surface area contributed by atoms with Gasteiger partial charge in [-0.15, -0.1) is 0 Å². The average Bonchev–Trinajstić information content (AvgIpc) is 3.33. The smallest absolute Gasteiger partial charge is 0.242 e. The van der Waals surface area contributed by atoms with Crippen molar-refractivity contribution >= 4 is 11.8 Å². The standard InChI is InChI=1S/C24H23F2N3O2/c1-14-12-18(26)7-8-19(14)23-16(4-9-22(30)28-20-10-11-27-24(20)31)13-21(29-23)15-2-5-17(25)6-3-15/h2-3,5-8,12-13,20,29H,4,9-11H2,1H3,(H,27,31)(H,28,30). The first-order valence-corrected chi connectivity index (χ1v) is 10.2. The lowest BCUT2D eigenvalue weighted by atomic mass is 10.00. The molecule has 7 heteroatoms. The number of carbonyl (C=O) groups is 2. The van der Waals surface area contributed by atoms with Gasteiger partial charge in [0.05, 0.1) is 0 Å². The number of carbonyl (C=O) groups excluding carboxylic acids is 2. The molecular formula is C24H23F2N3O2. The second-order valence-corrected chi connectivity index (χ2v) is 7.75. The van der Waals surface area contributed by atoms with Crippen molar-refractivity contribution in [1.29, 1.82) is 0 Å². The molecule has 1 aliphatic heterocycles. The van der Waals surface area contributed by atoms with E-state index in [0.717, 1.165) is 33.6 Å². The van der Waals surface area contributed by atoms with Crippen molar-refractivity contribution in [1.82, 2.24) is 15.6 Å². The van der Waals surface area contributed by atoms with E-state index in [1.165, 1.54) is 24.3 Å². The summed E-state index contributed by atoms with van der Waals surface area (Å²) < 4.78 is 26.9. The highest BCUT2D eigenvalue weighted by atomic mass is 19.1. The third kappa shape index (κ3) is 4.66. The van der Waals surface area contributed by atoms with Crippen molar-refractivity contribution in [3.8, 4) is 22.5 Å². The third-order valence-corrected chi connectivity index (χ3v) is 5.52. The average molecular weight is 423 g/mol. The zero-order valence-electron chi connectivity index (χ0n) is 17.1. The molecule has 0 spiro atoms. The fraction of sp³-hybridized carbons (Fsp3) is 0.250. The molecule has 2 heterocycles. The lowest BCUT2D eigenvalue weighted by Gasteiger charge is -2.11. The predicted octanol–water partition coefficient (Wildman–Crippen LogP) is 3.87. The molecule has 31 heavy (non-hydrogen) atoms. The van der Waals surface area contributed by atoms with Gasteiger partial charge in [0.1, 0.15) is 17.7 Å². The maximum absolute atomic E-state index is 13.6. The monoisotopic (exact) mass is 423 g/mol. The van der Waals surface area contributed by atoms with Crippen molar-refractivity contribution in [2.24, 2.45) is 0 Å². The van der Waals surface area contributed by atoms with Gasteiger partial charge in [0.15, 0.2) is 0 Å². The predicted molar refractivity (Wildman–Crippen MR) is 114 cm³/mol. The molecule has 0 aliphatic carbocycles. The summed E-state index contributed by atoms with van der Waals surface area (Å²) >= 11 is 0. The Morgan fingerprint density at radius 3 is 2.52 bits per heavy atom. The van der Waals surface area contributed by atoms with Crippen molar-refractivity contribution in [2.45, 2.75) is 32.2 Å². The van der Waals surface area contributed by atoms with Crippen LogP contribution in [0.3, 0.4) is 0 Å². The topological polar surface area (TPSA) is 74.0 Å². The molecule has 4 rings (SSSR count). The van der Waals surface area contributed by atoms with Gasteiger partial charge in [0, 0.05) is 29.9 Å². The molecule has 1 atom stereocenters. The number of aryl methyl sites for hydroxylation is 2. The fourth-order valence-corrected chi connectivity index (χ4v) is 3.87. The Labute approximate surface area is 178 Å². The maximum atomic E-state index is 13.6. The number of benzene rings is 2. The van der Waals surface area contributed by atoms with Gasteiger partial charge in [0.2, 0.25) is 11.8 Å². The van der Waals surface area contributed by atoms with Gasteiger partial charge in [-0.05, 0) is 85.0 Å². The number of halogens is 2. The van der Waals surface area contributed by atoms with Crippen LogP contribution in [0, 0.1) is 18.6 Å². The highest BCUT2D eigenvalue weighted by Crippen LogP contribution is 2.32. The molecular weight excluding hydrogens is 400 g/mol. The number of aromatic nitrogens is 1. The summed E-state index contributed by atoms with van der Waals surface area (Å²) in [5, 5.41) is 5.47. The molecule has 0 saturated carbocycles. The van der Waals surface area contributed by atoms with Crippen molar-refractivity contribution in [3.63, 3.8) is 0 Å². The summed E-state index contributed by atoms with van der Waals surface area (Å²) in [7, 11) is 0. The fourth-order valence-electron chi connectivity index (χ4n) is 3.87. The SMILES string of the molecule is Cc1cc(F)ccc1-c1[nH]c(-c2ccc(F)cc2)cc1CCC(=O)NC1CCNC1=O. The van der Waals surface area contributed by atoms with Crippen LogP contribution in [0.15, 0.2) is 48.5 Å². The van der Waals surface area contributed by atoms with E-state index in [1.54, 1.807) is 18.2 Å². The van der Waals surface area contributed by atoms with Gasteiger partial charge >= 0.3 is 0 Å². The molecule has 0 bridgehead atoms. The Kier molecular flexibility index (Phi) is 5.84. The summed E-state index contributed by atoms with van der Waals surface area (Å²) in [6.07, 6.45) is 1.23. The van der Waals surface area contributed by atoms with E-state index in [9.17, 15) is 18.4 Å². The molecule has 160 valence electrons. The minimum Gasteiger partial charge on any atom is -0.354 e. The van der Waals surface area contributed by atoms with Gasteiger partial charge in [-0.3, -0.25) is 9.59 Å². The van der Waals surface area contributed by atoms with Gasteiger partial charge in [0.25, 0.3) is 0 Å². The van der Waals surface area contributed by atoms with Crippen LogP contribution < -0.4 is 10.6 Å². The number of aromatic amines is 1. The summed E-state index contributed by atoms with van der Waals surface area (Å²) in [6, 6.07) is 12.1. The quantitative estimate of drug-likeness (QED) is 0.563. The highest BCUT2D eigenvalue weighted by molar-refractivity contribution is 5.89. The highest BCUT2D eigenvalue weighted by Gasteiger charge is 2.25. The summed E-state index contributed by atoms with van der Waals surface area (Å²) in [5.41, 5.74) is 4.87. The van der Waals surface area contributed by atoms with E-state index in [0.29, 0.717) is 19.4 Å². The third-order valence-electron chi connectivity index (χ3n) is 5.52. The van der Waals surface area contributed by atoms with Crippen LogP contribution in [0.4, 0.5) is 8.78 Å². The van der Waals surface area contributed by atoms with Crippen LogP contribution in [0.25, 0.3) is 22.5 Å². The van der Waals surface area contributed by atoms with E-state index in [2.05, 4.69) is 15.6 Å². The van der Waals surface area contributed by atoms with E-state index >= 15 is 0 Å². The first kappa shape index (κ1) is 20.8. The Hall–Kier alpha value is -3.48. The molecule has 1 fully saturated rings. The van der Waals surface area contributed by atoms with Crippen LogP contribution in [0.2, 0.25) is 0 Å². The molecule has 0 radical (unpaired) electrons. The molecule has 2 amide bonds. The van der Waals surface area contributed by atoms with Crippen LogP contribution in [0.5, 0.6) is 0 Å². The molecule has 1 saturated heterocycles. The van der Waals surface area contributed by atoms with Gasteiger partial charge in [-0.2, -0.15) is 0 Å². The zero-order valence-corrected chi connectivity index (χ0v) is 17.1. The molecule has 1 aromatic heterocycles. The lowest BCUT2D eigenvalue weighted by Crippen LogP contribution is -2.40. The van der Waals surface area contributed by atoms with Crippen molar-refractivity contribution in [3.05, 3.63) is 71.3 Å². The molecule has 3 N–H and O–H groups in total. The first-order valence-electron chi connectivity index (χ1n) is 10.2. The van der Waals surface area contributed by atoms with Gasteiger partial charge < -0.3 is 15.6 Å². The minimum absolute atomic E-state index is 0.156. The zero-order chi connectivity index (χ0) is 22.0. The normalized spacial score (nSPS) is 15.7. The van der Waals surface area contributed by atoms with E-state index in [1.807, 2.05) is 13.0 Å². The number of rotatable bonds is 6. The Morgan fingerprint density at radius 1 is 1.10 bits per heavy atom. The van der Waals surface area contributed by atoms with Crippen LogP contribution >= 0.6 is 0 Å². The van der Waals surface area contributed by atoms with Crippen molar-refractivity contribution < 1.29 is 18.4 Å². The molecule has 1 aliphatic rings. The number of amides is 2. The largest absolute Gasteiger partial charge is 0.354 e. The second-order valence-electron chi connectivity index (χ2n) is 7.75. The summed E-state index contributed by atoms with van der Waals surface area (Å²) in [6.45, 7) is 2.39. The Bertz CT molecular complexity index is 1120. The Balaban J connectivity index is 1.60. The molecule has 1 unspecified atom stereocenters. The first-order chi connectivity index (χ1) is 14.9. The van der Waals surface area contributed by atoms with Gasteiger partial charge in [-0.25, -0.2) is 8.78 Å². The second kappa shape index (κ2) is 8.71. The van der Waals surface area contributed by atoms with E-state index < -0.39 is 6.04 Å².